The average molecular weight is 675 g/mol. The lowest BCUT2D eigenvalue weighted by atomic mass is 9.96. The van der Waals surface area contributed by atoms with Gasteiger partial charge in [0.2, 0.25) is 0 Å². The summed E-state index contributed by atoms with van der Waals surface area (Å²) >= 11 is 0. The van der Waals surface area contributed by atoms with Crippen molar-refractivity contribution in [1.82, 2.24) is 9.55 Å². The highest BCUT2D eigenvalue weighted by atomic mass is 32.2. The van der Waals surface area contributed by atoms with Crippen LogP contribution in [0.3, 0.4) is 0 Å². The van der Waals surface area contributed by atoms with Gasteiger partial charge in [-0.25, -0.2) is 4.79 Å². The second-order valence-electron chi connectivity index (χ2n) is 9.47. The number of halogens is 6. The van der Waals surface area contributed by atoms with Gasteiger partial charge in [0.15, 0.2) is 6.23 Å². The van der Waals surface area contributed by atoms with Crippen LogP contribution < -0.4 is 11.2 Å². The molecule has 2 unspecified atom stereocenters. The summed E-state index contributed by atoms with van der Waals surface area (Å²) in [6, 6.07) is 6.44. The van der Waals surface area contributed by atoms with Crippen molar-refractivity contribution in [2.75, 3.05) is 6.61 Å². The van der Waals surface area contributed by atoms with Gasteiger partial charge < -0.3 is 9.84 Å². The fraction of sp³-hybridized carbons (Fsp3) is 0.333. The van der Waals surface area contributed by atoms with E-state index in [0.29, 0.717) is 28.8 Å². The zero-order valence-electron chi connectivity index (χ0n) is 21.9. The third-order valence-electron chi connectivity index (χ3n) is 6.36. The number of alkyl halides is 6. The van der Waals surface area contributed by atoms with Crippen LogP contribution in [0.5, 0.6) is 0 Å². The summed E-state index contributed by atoms with van der Waals surface area (Å²) in [7, 11) is -10.8. The molecule has 2 aromatic carbocycles. The lowest BCUT2D eigenvalue weighted by molar-refractivity contribution is -0.140. The molecule has 0 amide bonds. The van der Waals surface area contributed by atoms with E-state index in [1.54, 1.807) is 0 Å². The van der Waals surface area contributed by atoms with Crippen molar-refractivity contribution in [1.29, 1.82) is 0 Å². The number of aromatic amines is 1. The normalized spacial score (nSPS) is 23.1. The van der Waals surface area contributed by atoms with E-state index < -0.39 is 95.4 Å². The number of rotatable bonds is 8. The predicted octanol–water partition coefficient (Wildman–Crippen LogP) is 2.40. The highest BCUT2D eigenvalue weighted by Crippen LogP contribution is 2.43. The quantitative estimate of drug-likeness (QED) is 0.267. The minimum Gasteiger partial charge on any atom is -0.383 e. The summed E-state index contributed by atoms with van der Waals surface area (Å²) in [5.41, 5.74) is -8.11. The van der Waals surface area contributed by atoms with Gasteiger partial charge in [-0.15, -0.1) is 0 Å². The molecule has 3 aromatic rings. The number of hydrogen-bond acceptors (Lipinski definition) is 10. The highest BCUT2D eigenvalue weighted by molar-refractivity contribution is 7.87. The van der Waals surface area contributed by atoms with Crippen LogP contribution in [-0.2, 0) is 45.7 Å². The van der Waals surface area contributed by atoms with Crippen molar-refractivity contribution in [3.63, 3.8) is 0 Å². The van der Waals surface area contributed by atoms with Crippen LogP contribution in [-0.4, -0.2) is 55.9 Å². The van der Waals surface area contributed by atoms with Gasteiger partial charge in [0.1, 0.15) is 27.6 Å². The topological polar surface area (TPSA) is 171 Å². The molecule has 20 heteroatoms. The Balaban J connectivity index is 1.76. The SMILES string of the molecule is C[C@@]1(O)C(n2ccc(=O)[nH]c2=O)OC(COS(=O)(=O)c2ccccc2C(F)(F)F)[C@H]1OS(=O)(=O)c1ccccc1C(F)(F)F. The number of hydrogen-bond donors (Lipinski definition) is 2. The van der Waals surface area contributed by atoms with Gasteiger partial charge in [0.05, 0.1) is 17.7 Å². The van der Waals surface area contributed by atoms with Crippen molar-refractivity contribution in [2.24, 2.45) is 0 Å². The summed E-state index contributed by atoms with van der Waals surface area (Å²) in [5, 5.41) is 11.3. The lowest BCUT2D eigenvalue weighted by Crippen LogP contribution is -2.49. The van der Waals surface area contributed by atoms with E-state index in [2.05, 4.69) is 0 Å². The van der Waals surface area contributed by atoms with E-state index in [9.17, 15) is 57.9 Å². The van der Waals surface area contributed by atoms with E-state index in [0.717, 1.165) is 43.5 Å². The minimum absolute atomic E-state index is 0.424. The van der Waals surface area contributed by atoms with Gasteiger partial charge >= 0.3 is 18.0 Å². The molecule has 4 rings (SSSR count). The molecule has 0 radical (unpaired) electrons. The van der Waals surface area contributed by atoms with E-state index in [1.165, 1.54) is 0 Å². The van der Waals surface area contributed by atoms with Crippen LogP contribution in [0.2, 0.25) is 0 Å². The molecule has 4 atom stereocenters. The van der Waals surface area contributed by atoms with Crippen LogP contribution in [0.25, 0.3) is 0 Å². The molecule has 44 heavy (non-hydrogen) atoms. The minimum atomic E-state index is -5.47. The van der Waals surface area contributed by atoms with E-state index in [4.69, 9.17) is 13.1 Å². The molecular formula is C24H20F6N2O10S2. The summed E-state index contributed by atoms with van der Waals surface area (Å²) in [6.45, 7) is -0.543. The molecular weight excluding hydrogens is 654 g/mol. The van der Waals surface area contributed by atoms with Crippen molar-refractivity contribution in [3.05, 3.63) is 92.8 Å². The van der Waals surface area contributed by atoms with Crippen molar-refractivity contribution in [2.45, 2.75) is 53.1 Å². The molecule has 0 bridgehead atoms. The van der Waals surface area contributed by atoms with Crippen LogP contribution in [0, 0.1) is 0 Å². The first-order valence-electron chi connectivity index (χ1n) is 12.0. The number of H-pyrrole nitrogens is 1. The molecule has 1 aliphatic rings. The second kappa shape index (κ2) is 11.4. The number of aromatic nitrogens is 2. The molecule has 0 saturated carbocycles. The third-order valence-corrected chi connectivity index (χ3v) is 9.06. The third kappa shape index (κ3) is 6.59. The zero-order chi connectivity index (χ0) is 32.9. The Labute approximate surface area is 243 Å². The van der Waals surface area contributed by atoms with E-state index in [-0.39, 0.29) is 0 Å². The first-order valence-corrected chi connectivity index (χ1v) is 14.8. The molecule has 1 aliphatic heterocycles. The Morgan fingerprint density at radius 3 is 1.89 bits per heavy atom. The number of nitrogens with zero attached hydrogens (tertiary/aromatic N) is 1. The number of ether oxygens (including phenoxy) is 1. The Kier molecular flexibility index (Phi) is 8.65. The molecule has 1 saturated heterocycles. The fourth-order valence-electron chi connectivity index (χ4n) is 4.38. The van der Waals surface area contributed by atoms with Gasteiger partial charge in [-0.2, -0.15) is 43.2 Å². The van der Waals surface area contributed by atoms with Crippen molar-refractivity contribution in [3.8, 4) is 0 Å². The average Bonchev–Trinajstić information content (AvgIpc) is 3.15. The van der Waals surface area contributed by atoms with Crippen molar-refractivity contribution < 1.29 is 61.4 Å². The van der Waals surface area contributed by atoms with E-state index in [1.807, 2.05) is 4.98 Å². The maximum absolute atomic E-state index is 13.6. The molecule has 240 valence electrons. The van der Waals surface area contributed by atoms with Crippen LogP contribution in [0.1, 0.15) is 24.3 Å². The van der Waals surface area contributed by atoms with Crippen LogP contribution >= 0.6 is 0 Å². The van der Waals surface area contributed by atoms with Crippen LogP contribution in [0.4, 0.5) is 26.3 Å². The lowest BCUT2D eigenvalue weighted by Gasteiger charge is -2.30. The number of nitrogens with one attached hydrogen (secondary N) is 1. The Hall–Kier alpha value is -3.56. The van der Waals surface area contributed by atoms with Gasteiger partial charge in [0.25, 0.3) is 25.8 Å². The summed E-state index contributed by atoms with van der Waals surface area (Å²) in [5.74, 6) is 0. The van der Waals surface area contributed by atoms with E-state index >= 15 is 0 Å². The number of aliphatic hydroxyl groups is 1. The molecule has 2 heterocycles. The maximum atomic E-state index is 13.6. The fourth-order valence-corrected chi connectivity index (χ4v) is 6.92. The Morgan fingerprint density at radius 2 is 1.39 bits per heavy atom. The molecule has 0 aliphatic carbocycles. The maximum Gasteiger partial charge on any atom is 0.417 e. The van der Waals surface area contributed by atoms with Crippen molar-refractivity contribution >= 4 is 20.2 Å². The smallest absolute Gasteiger partial charge is 0.383 e. The highest BCUT2D eigenvalue weighted by Gasteiger charge is 2.57. The van der Waals surface area contributed by atoms with Gasteiger partial charge in [-0.1, -0.05) is 24.3 Å². The molecule has 12 nitrogen and oxygen atoms in total. The number of benzene rings is 2. The monoisotopic (exact) mass is 674 g/mol. The predicted molar refractivity (Wildman–Crippen MR) is 134 cm³/mol. The molecule has 2 N–H and O–H groups in total. The Morgan fingerprint density at radius 1 is 0.886 bits per heavy atom. The summed E-state index contributed by atoms with van der Waals surface area (Å²) in [4.78, 5) is 23.0. The largest absolute Gasteiger partial charge is 0.417 e. The first kappa shape index (κ1) is 33.3. The summed E-state index contributed by atoms with van der Waals surface area (Å²) in [6.07, 6.45) is -16.0. The Bertz CT molecular complexity index is 1890. The first-order chi connectivity index (χ1) is 20.2. The second-order valence-corrected chi connectivity index (χ2v) is 12.6. The summed E-state index contributed by atoms with van der Waals surface area (Å²) < 4.78 is 149. The van der Waals surface area contributed by atoms with Crippen LogP contribution in [0.15, 0.2) is 80.2 Å². The molecule has 0 spiro atoms. The standard InChI is InChI=1S/C24H20F6N2O10S2/c1-22(35)19(42-44(38,39)17-9-5-3-7-14(17)24(28,29)30)15(41-20(22)32-11-10-18(33)31-21(32)34)12-40-43(36,37)16-8-4-2-6-13(16)23(25,26)27/h2-11,15,19-20,35H,12H2,1H3,(H,31,33,34)/t15?,19-,20?,22+/m1/s1. The molecule has 1 aromatic heterocycles. The zero-order valence-corrected chi connectivity index (χ0v) is 23.5. The van der Waals surface area contributed by atoms with Gasteiger partial charge in [0, 0.05) is 12.3 Å². The van der Waals surface area contributed by atoms with Gasteiger partial charge in [-0.05, 0) is 31.2 Å². The van der Waals surface area contributed by atoms with Gasteiger partial charge in [-0.3, -0.25) is 22.7 Å². The molecule has 1 fully saturated rings.